The Morgan fingerprint density at radius 2 is 0.510 bits per heavy atom. The minimum atomic E-state index is 0. The first-order valence-electron chi connectivity index (χ1n) is 22.1. The van der Waals surface area contributed by atoms with E-state index in [2.05, 4.69) is 51.3 Å². The molecule has 1 radical (unpaired) electrons. The molecule has 0 amide bonds. The van der Waals surface area contributed by atoms with Crippen LogP contribution in [-0.4, -0.2) is 43.6 Å². The zero-order valence-electron chi connectivity index (χ0n) is 35.0. The van der Waals surface area contributed by atoms with E-state index in [4.69, 9.17) is 49.7 Å². The molecule has 0 heterocycles. The molecule has 0 bridgehead atoms. The van der Waals surface area contributed by atoms with Crippen LogP contribution >= 0.6 is 24.4 Å². The van der Waals surface area contributed by atoms with Gasteiger partial charge in [0.1, 0.15) is 0 Å². The molecule has 0 fully saturated rings. The molecule has 0 atom stereocenters. The molecular weight excluding hydrogens is 748 g/mol. The number of hydrogen-bond donors (Lipinski definition) is 0. The van der Waals surface area contributed by atoms with Gasteiger partial charge in [-0.3, -0.25) is 0 Å². The van der Waals surface area contributed by atoms with E-state index in [-0.39, 0.29) is 17.1 Å². The standard InChI is InChI=1S/2C22H45NS2.Cu/c2*1-4-5-6-7-8-9-10-11-12-13-14-15-16-17-18-19-20-23(21(2)3)22(24)25;/h2*21H,4-20H2,1-3H3,(H,24,25);/q;;+2/p-2. The molecule has 2 nitrogen and oxygen atoms in total. The van der Waals surface area contributed by atoms with Crippen molar-refractivity contribution < 1.29 is 17.1 Å². The molecule has 0 unspecified atom stereocenters. The fraction of sp³-hybridized carbons (Fsp3) is 0.955. The first kappa shape index (κ1) is 56.1. The van der Waals surface area contributed by atoms with Crippen LogP contribution in [0.1, 0.15) is 247 Å². The fourth-order valence-corrected chi connectivity index (χ4v) is 7.99. The topological polar surface area (TPSA) is 6.48 Å². The number of hydrogen-bond acceptors (Lipinski definition) is 4. The van der Waals surface area contributed by atoms with Gasteiger partial charge in [-0.25, -0.2) is 0 Å². The molecule has 0 saturated heterocycles. The van der Waals surface area contributed by atoms with E-state index in [1.165, 1.54) is 205 Å². The van der Waals surface area contributed by atoms with Crippen molar-refractivity contribution in [3.63, 3.8) is 0 Å². The van der Waals surface area contributed by atoms with E-state index in [1.54, 1.807) is 0 Å². The third-order valence-electron chi connectivity index (χ3n) is 10.2. The summed E-state index contributed by atoms with van der Waals surface area (Å²) >= 11 is 20.6. The molecule has 0 aliphatic rings. The zero-order valence-corrected chi connectivity index (χ0v) is 39.2. The Bertz CT molecular complexity index is 649. The maximum atomic E-state index is 5.14. The van der Waals surface area contributed by atoms with Crippen LogP contribution in [0, 0.1) is 0 Å². The molecule has 0 aliphatic carbocycles. The second-order valence-corrected chi connectivity index (χ2v) is 17.8. The van der Waals surface area contributed by atoms with Gasteiger partial charge in [0.05, 0.1) is 0 Å². The van der Waals surface area contributed by atoms with Crippen molar-refractivity contribution in [1.29, 1.82) is 0 Å². The van der Waals surface area contributed by atoms with Gasteiger partial charge in [0.2, 0.25) is 0 Å². The average Bonchev–Trinajstić information content (AvgIpc) is 3.07. The number of rotatable bonds is 36. The number of unbranched alkanes of at least 4 members (excludes halogenated alkanes) is 30. The number of thiocarbonyl (C=S) groups is 2. The molecule has 7 heteroatoms. The third kappa shape index (κ3) is 43.3. The van der Waals surface area contributed by atoms with Crippen molar-refractivity contribution in [3.05, 3.63) is 0 Å². The van der Waals surface area contributed by atoms with Gasteiger partial charge >= 0.3 is 17.1 Å². The van der Waals surface area contributed by atoms with Crippen molar-refractivity contribution in [2.45, 2.75) is 259 Å². The Kier molecular flexibility index (Phi) is 49.6. The van der Waals surface area contributed by atoms with E-state index in [9.17, 15) is 0 Å². The van der Waals surface area contributed by atoms with Crippen molar-refractivity contribution in [3.8, 4) is 0 Å². The summed E-state index contributed by atoms with van der Waals surface area (Å²) in [6.07, 6.45) is 45.2. The van der Waals surface area contributed by atoms with Gasteiger partial charge in [-0.15, -0.1) is 0 Å². The van der Waals surface area contributed by atoms with Crippen LogP contribution < -0.4 is 0 Å². The third-order valence-corrected chi connectivity index (χ3v) is 11.2. The zero-order chi connectivity index (χ0) is 37.5. The molecule has 0 aromatic rings. The summed E-state index contributed by atoms with van der Waals surface area (Å²) in [7, 11) is 0. The first-order valence-corrected chi connectivity index (χ1v) is 23.8. The van der Waals surface area contributed by atoms with Gasteiger partial charge in [0.15, 0.2) is 0 Å². The molecular formula is C44H88CuN2S4. The van der Waals surface area contributed by atoms with Crippen LogP contribution in [0.4, 0.5) is 0 Å². The quantitative estimate of drug-likeness (QED) is 0.0267. The predicted octanol–water partition coefficient (Wildman–Crippen LogP) is 15.6. The van der Waals surface area contributed by atoms with Gasteiger partial charge in [-0.1, -0.05) is 215 Å². The van der Waals surface area contributed by atoms with Gasteiger partial charge in [0, 0.05) is 25.2 Å². The van der Waals surface area contributed by atoms with Crippen molar-refractivity contribution in [2.24, 2.45) is 0 Å². The van der Waals surface area contributed by atoms with E-state index in [0.29, 0.717) is 20.7 Å². The van der Waals surface area contributed by atoms with Crippen LogP contribution in [-0.2, 0) is 42.3 Å². The summed E-state index contributed by atoms with van der Waals surface area (Å²) in [6, 6.07) is 0.891. The molecule has 0 aromatic carbocycles. The Labute approximate surface area is 355 Å². The summed E-state index contributed by atoms with van der Waals surface area (Å²) < 4.78 is 1.27. The monoisotopic (exact) mass is 836 g/mol. The van der Waals surface area contributed by atoms with Gasteiger partial charge in [-0.2, -0.15) is 0 Å². The molecule has 0 rings (SSSR count). The van der Waals surface area contributed by atoms with Crippen LogP contribution in [0.15, 0.2) is 0 Å². The normalized spacial score (nSPS) is 11.0. The average molecular weight is 837 g/mol. The second-order valence-electron chi connectivity index (χ2n) is 15.7. The molecule has 0 saturated carbocycles. The van der Waals surface area contributed by atoms with E-state index in [1.807, 2.05) is 0 Å². The summed E-state index contributed by atoms with van der Waals surface area (Å²) in [4.78, 5) is 4.35. The molecule has 309 valence electrons. The SMILES string of the molecule is CCCCCCCCCCCCCCCCCCN(C(=S)[S-])C(C)C.CCCCCCCCCCCCCCCCCCN(C(=S)[S-])C(C)C.[Cu+2]. The van der Waals surface area contributed by atoms with Crippen LogP contribution in [0.2, 0.25) is 0 Å². The van der Waals surface area contributed by atoms with Gasteiger partial charge in [-0.05, 0) is 40.5 Å². The maximum absolute atomic E-state index is 5.14. The van der Waals surface area contributed by atoms with Crippen LogP contribution in [0.25, 0.3) is 0 Å². The largest absolute Gasteiger partial charge is 2.00 e. The predicted molar refractivity (Wildman–Crippen MR) is 243 cm³/mol. The smallest absolute Gasteiger partial charge is 0.411 e. The minimum absolute atomic E-state index is 0. The molecule has 0 N–H and O–H groups in total. The van der Waals surface area contributed by atoms with E-state index in [0.717, 1.165) is 13.1 Å². The first-order chi connectivity index (χ1) is 24.2. The summed E-state index contributed by atoms with van der Waals surface area (Å²) in [5.41, 5.74) is 0. The summed E-state index contributed by atoms with van der Waals surface area (Å²) in [6.45, 7) is 15.3. The Balaban J connectivity index is -0.000000886. The van der Waals surface area contributed by atoms with Gasteiger partial charge in [0.25, 0.3) is 0 Å². The molecule has 0 aliphatic heterocycles. The maximum Gasteiger partial charge on any atom is 2.00 e. The summed E-state index contributed by atoms with van der Waals surface area (Å²) in [5.74, 6) is 0. The minimum Gasteiger partial charge on any atom is -0.411 e. The Morgan fingerprint density at radius 3 is 0.647 bits per heavy atom. The van der Waals surface area contributed by atoms with Crippen molar-refractivity contribution in [2.75, 3.05) is 13.1 Å². The second kappa shape index (κ2) is 45.1. The fourth-order valence-electron chi connectivity index (χ4n) is 6.78. The van der Waals surface area contributed by atoms with Crippen LogP contribution in [0.3, 0.4) is 0 Å². The number of nitrogens with zero attached hydrogens (tertiary/aromatic N) is 2. The molecule has 0 aromatic heterocycles. The Morgan fingerprint density at radius 1 is 0.353 bits per heavy atom. The Hall–Kier alpha value is 0.739. The van der Waals surface area contributed by atoms with Gasteiger partial charge < -0.3 is 59.5 Å². The van der Waals surface area contributed by atoms with E-state index >= 15 is 0 Å². The van der Waals surface area contributed by atoms with E-state index < -0.39 is 0 Å². The van der Waals surface area contributed by atoms with Crippen molar-refractivity contribution >= 4 is 58.3 Å². The molecule has 51 heavy (non-hydrogen) atoms. The molecule has 0 spiro atoms. The van der Waals surface area contributed by atoms with Crippen molar-refractivity contribution in [1.82, 2.24) is 9.80 Å². The van der Waals surface area contributed by atoms with Crippen LogP contribution in [0.5, 0.6) is 0 Å². The summed E-state index contributed by atoms with van der Waals surface area (Å²) in [5, 5.41) is 0.